The first kappa shape index (κ1) is 13.7. The standard InChI is InChI=1S/C16H21N3/c1-3-17-15(16-12-18-13(2)11-19-16)10-9-14-7-5-4-6-8-14/h4-8,11-12,15,17H,3,9-10H2,1-2H3. The predicted molar refractivity (Wildman–Crippen MR) is 77.9 cm³/mol. The molecular formula is C16H21N3. The van der Waals surface area contributed by atoms with E-state index in [9.17, 15) is 0 Å². The van der Waals surface area contributed by atoms with Gasteiger partial charge in [0.15, 0.2) is 0 Å². The number of benzene rings is 1. The van der Waals surface area contributed by atoms with Gasteiger partial charge < -0.3 is 5.32 Å². The maximum atomic E-state index is 4.48. The monoisotopic (exact) mass is 255 g/mol. The summed E-state index contributed by atoms with van der Waals surface area (Å²) in [6.07, 6.45) is 5.81. The van der Waals surface area contributed by atoms with Crippen LogP contribution in [0.5, 0.6) is 0 Å². The van der Waals surface area contributed by atoms with Crippen molar-refractivity contribution in [3.8, 4) is 0 Å². The van der Waals surface area contributed by atoms with E-state index in [1.165, 1.54) is 5.56 Å². The van der Waals surface area contributed by atoms with Crippen molar-refractivity contribution in [3.63, 3.8) is 0 Å². The molecule has 2 rings (SSSR count). The van der Waals surface area contributed by atoms with Crippen LogP contribution in [0, 0.1) is 6.92 Å². The third kappa shape index (κ3) is 4.14. The zero-order valence-corrected chi connectivity index (χ0v) is 11.6. The zero-order chi connectivity index (χ0) is 13.5. The Kier molecular flexibility index (Phi) is 5.04. The molecule has 0 spiro atoms. The molecular weight excluding hydrogens is 234 g/mol. The molecule has 19 heavy (non-hydrogen) atoms. The summed E-state index contributed by atoms with van der Waals surface area (Å²) >= 11 is 0. The lowest BCUT2D eigenvalue weighted by molar-refractivity contribution is 0.502. The molecule has 2 aromatic rings. The molecule has 3 heteroatoms. The van der Waals surface area contributed by atoms with Gasteiger partial charge in [-0.2, -0.15) is 0 Å². The average Bonchev–Trinajstić information content (AvgIpc) is 2.46. The van der Waals surface area contributed by atoms with Crippen LogP contribution in [0.1, 0.15) is 36.3 Å². The highest BCUT2D eigenvalue weighted by Gasteiger charge is 2.12. The lowest BCUT2D eigenvalue weighted by Crippen LogP contribution is -2.22. The maximum Gasteiger partial charge on any atom is 0.0756 e. The smallest absolute Gasteiger partial charge is 0.0756 e. The minimum absolute atomic E-state index is 0.276. The quantitative estimate of drug-likeness (QED) is 0.862. The molecule has 100 valence electrons. The Morgan fingerprint density at radius 1 is 1.11 bits per heavy atom. The second-order valence-corrected chi connectivity index (χ2v) is 4.72. The van der Waals surface area contributed by atoms with E-state index in [0.717, 1.165) is 30.8 Å². The van der Waals surface area contributed by atoms with E-state index in [0.29, 0.717) is 0 Å². The van der Waals surface area contributed by atoms with Crippen LogP contribution in [0.4, 0.5) is 0 Å². The van der Waals surface area contributed by atoms with Crippen molar-refractivity contribution in [1.82, 2.24) is 15.3 Å². The van der Waals surface area contributed by atoms with Gasteiger partial charge in [0.05, 0.1) is 23.6 Å². The van der Waals surface area contributed by atoms with E-state index in [1.807, 2.05) is 19.3 Å². The normalized spacial score (nSPS) is 12.3. The molecule has 1 aromatic heterocycles. The van der Waals surface area contributed by atoms with Gasteiger partial charge in [0.25, 0.3) is 0 Å². The number of aryl methyl sites for hydroxylation is 2. The van der Waals surface area contributed by atoms with Crippen LogP contribution in [0.15, 0.2) is 42.7 Å². The Balaban J connectivity index is 2.02. The molecule has 1 aromatic carbocycles. The fourth-order valence-electron chi connectivity index (χ4n) is 2.14. The molecule has 0 fully saturated rings. The van der Waals surface area contributed by atoms with Crippen LogP contribution in [-0.4, -0.2) is 16.5 Å². The molecule has 0 bridgehead atoms. The predicted octanol–water partition coefficient (Wildman–Crippen LogP) is 3.07. The largest absolute Gasteiger partial charge is 0.309 e. The van der Waals surface area contributed by atoms with Gasteiger partial charge in [0.2, 0.25) is 0 Å². The summed E-state index contributed by atoms with van der Waals surface area (Å²) < 4.78 is 0. The van der Waals surface area contributed by atoms with Crippen molar-refractivity contribution in [1.29, 1.82) is 0 Å². The number of nitrogens with one attached hydrogen (secondary N) is 1. The van der Waals surface area contributed by atoms with Crippen LogP contribution >= 0.6 is 0 Å². The van der Waals surface area contributed by atoms with Crippen molar-refractivity contribution < 1.29 is 0 Å². The molecule has 3 nitrogen and oxygen atoms in total. The first-order valence-corrected chi connectivity index (χ1v) is 6.85. The summed E-state index contributed by atoms with van der Waals surface area (Å²) in [4.78, 5) is 8.82. The Bertz CT molecular complexity index is 479. The van der Waals surface area contributed by atoms with Gasteiger partial charge in [-0.25, -0.2) is 0 Å². The fourth-order valence-corrected chi connectivity index (χ4v) is 2.14. The third-order valence-electron chi connectivity index (χ3n) is 3.17. The molecule has 1 atom stereocenters. The van der Waals surface area contributed by atoms with Gasteiger partial charge in [-0.15, -0.1) is 0 Å². The Morgan fingerprint density at radius 3 is 2.53 bits per heavy atom. The number of hydrogen-bond acceptors (Lipinski definition) is 3. The van der Waals surface area contributed by atoms with Crippen LogP contribution < -0.4 is 5.32 Å². The molecule has 0 aliphatic rings. The molecule has 1 unspecified atom stereocenters. The number of aromatic nitrogens is 2. The topological polar surface area (TPSA) is 37.8 Å². The second kappa shape index (κ2) is 7.00. The van der Waals surface area contributed by atoms with Crippen LogP contribution in [-0.2, 0) is 6.42 Å². The van der Waals surface area contributed by atoms with E-state index < -0.39 is 0 Å². The summed E-state index contributed by atoms with van der Waals surface area (Å²) in [5, 5.41) is 3.49. The second-order valence-electron chi connectivity index (χ2n) is 4.72. The molecule has 1 N–H and O–H groups in total. The number of hydrogen-bond donors (Lipinski definition) is 1. The van der Waals surface area contributed by atoms with Gasteiger partial charge in [0, 0.05) is 6.20 Å². The summed E-state index contributed by atoms with van der Waals surface area (Å²) in [6.45, 7) is 5.02. The zero-order valence-electron chi connectivity index (χ0n) is 11.6. The summed E-state index contributed by atoms with van der Waals surface area (Å²) in [5.74, 6) is 0. The first-order valence-electron chi connectivity index (χ1n) is 6.85. The van der Waals surface area contributed by atoms with Crippen molar-refractivity contribution in [2.24, 2.45) is 0 Å². The van der Waals surface area contributed by atoms with Gasteiger partial charge in [-0.3, -0.25) is 9.97 Å². The van der Waals surface area contributed by atoms with E-state index in [1.54, 1.807) is 0 Å². The Hall–Kier alpha value is -1.74. The average molecular weight is 255 g/mol. The lowest BCUT2D eigenvalue weighted by Gasteiger charge is -2.17. The maximum absolute atomic E-state index is 4.48. The highest BCUT2D eigenvalue weighted by Crippen LogP contribution is 2.16. The number of rotatable bonds is 6. The van der Waals surface area contributed by atoms with E-state index in [-0.39, 0.29) is 6.04 Å². The first-order chi connectivity index (χ1) is 9.29. The van der Waals surface area contributed by atoms with E-state index in [2.05, 4.69) is 52.5 Å². The Labute approximate surface area is 115 Å². The van der Waals surface area contributed by atoms with Gasteiger partial charge in [0.1, 0.15) is 0 Å². The fraction of sp³-hybridized carbons (Fsp3) is 0.375. The van der Waals surface area contributed by atoms with Crippen molar-refractivity contribution in [2.75, 3.05) is 6.54 Å². The van der Waals surface area contributed by atoms with Crippen LogP contribution in [0.3, 0.4) is 0 Å². The van der Waals surface area contributed by atoms with Crippen molar-refractivity contribution >= 4 is 0 Å². The minimum atomic E-state index is 0.276. The highest BCUT2D eigenvalue weighted by atomic mass is 14.9. The highest BCUT2D eigenvalue weighted by molar-refractivity contribution is 5.15. The third-order valence-corrected chi connectivity index (χ3v) is 3.17. The summed E-state index contributed by atoms with van der Waals surface area (Å²) in [5.41, 5.74) is 3.36. The van der Waals surface area contributed by atoms with Gasteiger partial charge in [-0.05, 0) is 31.9 Å². The molecule has 0 saturated heterocycles. The van der Waals surface area contributed by atoms with Gasteiger partial charge in [-0.1, -0.05) is 37.3 Å². The Morgan fingerprint density at radius 2 is 1.89 bits per heavy atom. The molecule has 1 heterocycles. The van der Waals surface area contributed by atoms with E-state index >= 15 is 0 Å². The minimum Gasteiger partial charge on any atom is -0.309 e. The number of nitrogens with zero attached hydrogens (tertiary/aromatic N) is 2. The van der Waals surface area contributed by atoms with Gasteiger partial charge >= 0.3 is 0 Å². The lowest BCUT2D eigenvalue weighted by atomic mass is 10.0. The van der Waals surface area contributed by atoms with Crippen molar-refractivity contribution in [2.45, 2.75) is 32.7 Å². The SMILES string of the molecule is CCNC(CCc1ccccc1)c1cnc(C)cn1. The van der Waals surface area contributed by atoms with E-state index in [4.69, 9.17) is 0 Å². The van der Waals surface area contributed by atoms with Crippen LogP contribution in [0.25, 0.3) is 0 Å². The molecule has 0 saturated carbocycles. The summed E-state index contributed by atoms with van der Waals surface area (Å²) in [6, 6.07) is 10.8. The molecule has 0 radical (unpaired) electrons. The summed E-state index contributed by atoms with van der Waals surface area (Å²) in [7, 11) is 0. The van der Waals surface area contributed by atoms with Crippen LogP contribution in [0.2, 0.25) is 0 Å². The molecule has 0 aliphatic carbocycles. The molecule has 0 aliphatic heterocycles. The van der Waals surface area contributed by atoms with Crippen molar-refractivity contribution in [3.05, 3.63) is 59.7 Å². The molecule has 0 amide bonds.